The predicted molar refractivity (Wildman–Crippen MR) is 169 cm³/mol. The van der Waals surface area contributed by atoms with E-state index in [4.69, 9.17) is 9.05 Å². The Kier molecular flexibility index (Phi) is 8.67. The normalized spacial score (nSPS) is 17.9. The van der Waals surface area contributed by atoms with Crippen LogP contribution in [0.3, 0.4) is 0 Å². The first-order valence-electron chi connectivity index (χ1n) is 16.0. The maximum Gasteiger partial charge on any atom is 0.253 e. The van der Waals surface area contributed by atoms with Crippen molar-refractivity contribution in [2.24, 2.45) is 0 Å². The first-order valence-corrected chi connectivity index (χ1v) is 16.0. The number of aromatic nitrogens is 4. The van der Waals surface area contributed by atoms with Crippen molar-refractivity contribution in [2.45, 2.75) is 50.4 Å². The maximum absolute atomic E-state index is 13.3. The smallest absolute Gasteiger partial charge is 0.253 e. The zero-order valence-corrected chi connectivity index (χ0v) is 25.6. The fourth-order valence-electron chi connectivity index (χ4n) is 6.28. The molecule has 0 spiro atoms. The van der Waals surface area contributed by atoms with E-state index in [2.05, 4.69) is 44.5 Å². The van der Waals surface area contributed by atoms with E-state index < -0.39 is 0 Å². The highest BCUT2D eigenvalue weighted by molar-refractivity contribution is 5.98. The first kappa shape index (κ1) is 29.6. The van der Waals surface area contributed by atoms with Crippen molar-refractivity contribution in [1.29, 1.82) is 0 Å². The van der Waals surface area contributed by atoms with Crippen LogP contribution < -0.4 is 0 Å². The minimum Gasteiger partial charge on any atom is -0.339 e. The molecule has 0 aliphatic carbocycles. The monoisotopic (exact) mass is 616 g/mol. The molecule has 7 rings (SSSR count). The number of rotatable bonds is 10. The summed E-state index contributed by atoms with van der Waals surface area (Å²) in [6.07, 6.45) is 4.65. The lowest BCUT2D eigenvalue weighted by molar-refractivity contribution is 0.0777. The highest BCUT2D eigenvalue weighted by Gasteiger charge is 2.33. The Labute approximate surface area is 267 Å². The van der Waals surface area contributed by atoms with Crippen molar-refractivity contribution >= 4 is 11.8 Å². The minimum atomic E-state index is -0.0639. The maximum atomic E-state index is 13.3. The van der Waals surface area contributed by atoms with Gasteiger partial charge in [-0.05, 0) is 61.1 Å². The number of carbonyl (C=O) groups excluding carboxylic acids is 2. The molecule has 234 valence electrons. The quantitative estimate of drug-likeness (QED) is 0.208. The number of benzene rings is 3. The van der Waals surface area contributed by atoms with E-state index in [0.717, 1.165) is 25.7 Å². The van der Waals surface area contributed by atoms with Crippen LogP contribution in [-0.2, 0) is 25.7 Å². The number of aryl methyl sites for hydroxylation is 4. The summed E-state index contributed by atoms with van der Waals surface area (Å²) in [7, 11) is 0. The molecule has 5 aromatic rings. The summed E-state index contributed by atoms with van der Waals surface area (Å²) in [5.74, 6) is 2.47. The molecule has 10 heteroatoms. The van der Waals surface area contributed by atoms with E-state index in [1.807, 2.05) is 46.2 Å². The molecule has 2 amide bonds. The van der Waals surface area contributed by atoms with Crippen LogP contribution in [0, 0.1) is 0 Å². The second-order valence-corrected chi connectivity index (χ2v) is 12.1. The Morgan fingerprint density at radius 3 is 1.41 bits per heavy atom. The fraction of sp³-hybridized carbons (Fsp3) is 0.333. The fourth-order valence-corrected chi connectivity index (χ4v) is 6.28. The van der Waals surface area contributed by atoms with Crippen molar-refractivity contribution < 1.29 is 18.6 Å². The average molecular weight is 617 g/mol. The molecule has 0 saturated carbocycles. The molecule has 0 radical (unpaired) electrons. The molecule has 10 nitrogen and oxygen atoms in total. The Bertz CT molecular complexity index is 1640. The van der Waals surface area contributed by atoms with Gasteiger partial charge in [-0.15, -0.1) is 0 Å². The standard InChI is InChI=1S/C36H36N6O4/c43-35(41-21-19-29(23-41)33-37-31(39-45-33)17-11-25-7-3-1-4-8-25)27-13-15-28(16-14-27)36(44)42-22-20-30(24-42)34-38-32(40-46-34)18-12-26-9-5-2-6-10-26/h1-10,13-16,29-30H,11-12,17-24H2/t29-,30-/m1/s1. The largest absolute Gasteiger partial charge is 0.339 e. The molecule has 0 bridgehead atoms. The van der Waals surface area contributed by atoms with Crippen molar-refractivity contribution in [1.82, 2.24) is 30.1 Å². The van der Waals surface area contributed by atoms with Gasteiger partial charge in [-0.2, -0.15) is 9.97 Å². The van der Waals surface area contributed by atoms with E-state index in [1.54, 1.807) is 24.3 Å². The van der Waals surface area contributed by atoms with Crippen LogP contribution >= 0.6 is 0 Å². The minimum absolute atomic E-state index is 0.0182. The van der Waals surface area contributed by atoms with E-state index in [-0.39, 0.29) is 23.7 Å². The number of nitrogens with zero attached hydrogens (tertiary/aromatic N) is 6. The Morgan fingerprint density at radius 2 is 1.00 bits per heavy atom. The summed E-state index contributed by atoms with van der Waals surface area (Å²) in [4.78, 5) is 39.5. The van der Waals surface area contributed by atoms with Crippen molar-refractivity contribution in [3.63, 3.8) is 0 Å². The van der Waals surface area contributed by atoms with Gasteiger partial charge >= 0.3 is 0 Å². The van der Waals surface area contributed by atoms with Crippen LogP contribution in [0.1, 0.15) is 80.0 Å². The summed E-state index contributed by atoms with van der Waals surface area (Å²) in [6.45, 7) is 2.28. The van der Waals surface area contributed by atoms with Gasteiger partial charge in [0, 0.05) is 50.1 Å². The van der Waals surface area contributed by atoms with Gasteiger partial charge in [0.05, 0.1) is 11.8 Å². The number of amides is 2. The molecule has 0 unspecified atom stereocenters. The lowest BCUT2D eigenvalue weighted by Crippen LogP contribution is -2.29. The van der Waals surface area contributed by atoms with Gasteiger partial charge in [0.15, 0.2) is 11.6 Å². The van der Waals surface area contributed by atoms with Gasteiger partial charge in [0.1, 0.15) is 0 Å². The number of hydrogen-bond acceptors (Lipinski definition) is 8. The third-order valence-corrected chi connectivity index (χ3v) is 8.96. The zero-order valence-electron chi connectivity index (χ0n) is 25.6. The molecule has 46 heavy (non-hydrogen) atoms. The van der Waals surface area contributed by atoms with Gasteiger partial charge in [-0.3, -0.25) is 9.59 Å². The highest BCUT2D eigenvalue weighted by atomic mass is 16.5. The SMILES string of the molecule is O=C(c1ccc(C(=O)N2CC[C@@H](c3nc(CCc4ccccc4)no3)C2)cc1)N1CC[C@@H](c2nc(CCc3ccccc3)no2)C1. The van der Waals surface area contributed by atoms with Gasteiger partial charge < -0.3 is 18.8 Å². The van der Waals surface area contributed by atoms with Crippen LogP contribution in [0.5, 0.6) is 0 Å². The number of carbonyl (C=O) groups is 2. The van der Waals surface area contributed by atoms with Crippen molar-refractivity contribution in [2.75, 3.05) is 26.2 Å². The van der Waals surface area contributed by atoms with Gasteiger partial charge in [0.25, 0.3) is 11.8 Å². The van der Waals surface area contributed by atoms with Gasteiger partial charge in [0.2, 0.25) is 11.8 Å². The third kappa shape index (κ3) is 6.75. The molecule has 2 atom stereocenters. The Morgan fingerprint density at radius 1 is 0.587 bits per heavy atom. The van der Waals surface area contributed by atoms with Crippen LogP contribution in [-0.4, -0.2) is 68.1 Å². The molecular weight excluding hydrogens is 580 g/mol. The summed E-state index contributed by atoms with van der Waals surface area (Å²) < 4.78 is 11.1. The number of hydrogen-bond donors (Lipinski definition) is 0. The molecule has 2 saturated heterocycles. The van der Waals surface area contributed by atoms with E-state index in [1.165, 1.54) is 11.1 Å². The molecule has 4 heterocycles. The Hall–Kier alpha value is -5.12. The van der Waals surface area contributed by atoms with E-state index in [9.17, 15) is 9.59 Å². The average Bonchev–Trinajstić information content (AvgIpc) is 3.94. The zero-order chi connectivity index (χ0) is 31.3. The molecule has 2 aliphatic rings. The van der Waals surface area contributed by atoms with Crippen molar-refractivity contribution in [3.8, 4) is 0 Å². The lowest BCUT2D eigenvalue weighted by Gasteiger charge is -2.18. The molecule has 2 fully saturated rings. The second-order valence-electron chi connectivity index (χ2n) is 12.1. The summed E-state index contributed by atoms with van der Waals surface area (Å²) in [5.41, 5.74) is 3.58. The van der Waals surface area contributed by atoms with Gasteiger partial charge in [-0.1, -0.05) is 71.0 Å². The van der Waals surface area contributed by atoms with Crippen LogP contribution in [0.4, 0.5) is 0 Å². The molecular formula is C36H36N6O4. The topological polar surface area (TPSA) is 118 Å². The molecule has 2 aliphatic heterocycles. The first-order chi connectivity index (χ1) is 22.6. The van der Waals surface area contributed by atoms with Crippen molar-refractivity contribution in [3.05, 3.63) is 131 Å². The second kappa shape index (κ2) is 13.5. The molecule has 3 aromatic carbocycles. The summed E-state index contributed by atoms with van der Waals surface area (Å²) >= 11 is 0. The Balaban J connectivity index is 0.895. The summed E-state index contributed by atoms with van der Waals surface area (Å²) in [6, 6.07) is 27.4. The predicted octanol–water partition coefficient (Wildman–Crippen LogP) is 5.28. The van der Waals surface area contributed by atoms with Crippen LogP contribution in [0.2, 0.25) is 0 Å². The molecule has 2 aromatic heterocycles. The highest BCUT2D eigenvalue weighted by Crippen LogP contribution is 2.29. The number of likely N-dealkylation sites (tertiary alicyclic amines) is 2. The third-order valence-electron chi connectivity index (χ3n) is 8.96. The molecule has 0 N–H and O–H groups in total. The van der Waals surface area contributed by atoms with Crippen LogP contribution in [0.15, 0.2) is 94.0 Å². The van der Waals surface area contributed by atoms with Crippen LogP contribution in [0.25, 0.3) is 0 Å². The summed E-state index contributed by atoms with van der Waals surface area (Å²) in [5, 5.41) is 8.33. The van der Waals surface area contributed by atoms with Gasteiger partial charge in [-0.25, -0.2) is 0 Å². The van der Waals surface area contributed by atoms with E-state index in [0.29, 0.717) is 73.6 Å². The van der Waals surface area contributed by atoms with E-state index >= 15 is 0 Å². The lowest BCUT2D eigenvalue weighted by atomic mass is 10.1.